The van der Waals surface area contributed by atoms with E-state index in [1.807, 2.05) is 19.1 Å². The summed E-state index contributed by atoms with van der Waals surface area (Å²) < 4.78 is 6.61. The smallest absolute Gasteiger partial charge is 0.261 e. The highest BCUT2D eigenvalue weighted by Crippen LogP contribution is 2.36. The van der Waals surface area contributed by atoms with E-state index in [1.54, 1.807) is 0 Å². The number of aliphatic hydroxyl groups excluding tert-OH is 1. The molecule has 23 heavy (non-hydrogen) atoms. The quantitative estimate of drug-likeness (QED) is 0.824. The normalized spacial score (nSPS) is 13.8. The average Bonchev–Trinajstić information content (AvgIpc) is 2.56. The Labute approximate surface area is 141 Å². The van der Waals surface area contributed by atoms with Crippen molar-refractivity contribution >= 4 is 18.7 Å². The maximum absolute atomic E-state index is 10.1. The van der Waals surface area contributed by atoms with Gasteiger partial charge in [-0.3, -0.25) is 0 Å². The third kappa shape index (κ3) is 3.74. The lowest BCUT2D eigenvalue weighted by atomic mass is 10.2. The second kappa shape index (κ2) is 7.43. The van der Waals surface area contributed by atoms with Gasteiger partial charge in [-0.15, -0.1) is 0 Å². The molecule has 0 saturated carbocycles. The highest BCUT2D eigenvalue weighted by Gasteiger charge is 2.50. The summed E-state index contributed by atoms with van der Waals surface area (Å²) in [7, 11) is -2.49. The molecule has 0 saturated heterocycles. The summed E-state index contributed by atoms with van der Waals surface area (Å²) in [6, 6.07) is 21.1. The predicted octanol–water partition coefficient (Wildman–Crippen LogP) is 3.33. The molecule has 0 aliphatic carbocycles. The minimum absolute atomic E-state index is 0.0385. The molecule has 0 heterocycles. The maximum atomic E-state index is 10.1. The van der Waals surface area contributed by atoms with E-state index in [9.17, 15) is 5.11 Å². The Balaban J connectivity index is 2.60. The number of hydrogen-bond acceptors (Lipinski definition) is 2. The molecule has 3 heteroatoms. The van der Waals surface area contributed by atoms with E-state index in [2.05, 4.69) is 69.3 Å². The van der Waals surface area contributed by atoms with Crippen molar-refractivity contribution in [3.05, 3.63) is 60.7 Å². The minimum atomic E-state index is -2.49. The van der Waals surface area contributed by atoms with Gasteiger partial charge in [0, 0.05) is 0 Å². The molecule has 1 N–H and O–H groups in total. The van der Waals surface area contributed by atoms with Crippen LogP contribution in [0.3, 0.4) is 0 Å². The molecule has 0 bridgehead atoms. The standard InChI is InChI=1S/C20H28O2Si/c1-5-17(21)16-22-23(20(2,3)4,18-12-8-6-9-13-18)19-14-10-7-11-15-19/h6-15,17,21H,5,16H2,1-4H3. The average molecular weight is 329 g/mol. The fourth-order valence-corrected chi connectivity index (χ4v) is 7.70. The fourth-order valence-electron chi connectivity index (χ4n) is 3.10. The van der Waals surface area contributed by atoms with Gasteiger partial charge in [0.25, 0.3) is 8.32 Å². The Morgan fingerprint density at radius 1 is 0.913 bits per heavy atom. The van der Waals surface area contributed by atoms with Gasteiger partial charge in [-0.1, -0.05) is 88.4 Å². The first-order chi connectivity index (χ1) is 10.9. The summed E-state index contributed by atoms with van der Waals surface area (Å²) in [4.78, 5) is 0. The van der Waals surface area contributed by atoms with Crippen LogP contribution in [0.15, 0.2) is 60.7 Å². The zero-order chi connectivity index (χ0) is 16.9. The van der Waals surface area contributed by atoms with Gasteiger partial charge >= 0.3 is 0 Å². The molecule has 2 aromatic carbocycles. The van der Waals surface area contributed by atoms with Gasteiger partial charge in [-0.25, -0.2) is 0 Å². The van der Waals surface area contributed by atoms with Gasteiger partial charge in [0.2, 0.25) is 0 Å². The lowest BCUT2D eigenvalue weighted by Crippen LogP contribution is -2.67. The Morgan fingerprint density at radius 3 is 1.70 bits per heavy atom. The summed E-state index contributed by atoms with van der Waals surface area (Å²) in [6.45, 7) is 9.11. The summed E-state index contributed by atoms with van der Waals surface area (Å²) in [5, 5.41) is 12.5. The van der Waals surface area contributed by atoms with Crippen molar-refractivity contribution in [2.24, 2.45) is 0 Å². The lowest BCUT2D eigenvalue weighted by molar-refractivity contribution is 0.0992. The molecule has 0 aliphatic rings. The van der Waals surface area contributed by atoms with E-state index in [-0.39, 0.29) is 5.04 Å². The summed E-state index contributed by atoms with van der Waals surface area (Å²) in [6.07, 6.45) is 0.287. The minimum Gasteiger partial charge on any atom is -0.405 e. The molecule has 0 spiro atoms. The molecule has 0 aromatic heterocycles. The van der Waals surface area contributed by atoms with Gasteiger partial charge < -0.3 is 9.53 Å². The van der Waals surface area contributed by atoms with Crippen molar-refractivity contribution in [1.82, 2.24) is 0 Å². The molecule has 0 amide bonds. The molecule has 1 atom stereocenters. The molecular weight excluding hydrogens is 300 g/mol. The largest absolute Gasteiger partial charge is 0.405 e. The van der Waals surface area contributed by atoms with Crippen LogP contribution < -0.4 is 10.4 Å². The second-order valence-corrected chi connectivity index (χ2v) is 11.3. The van der Waals surface area contributed by atoms with Crippen molar-refractivity contribution in [2.75, 3.05) is 6.61 Å². The topological polar surface area (TPSA) is 29.5 Å². The van der Waals surface area contributed by atoms with Gasteiger partial charge in [-0.2, -0.15) is 0 Å². The van der Waals surface area contributed by atoms with Crippen LogP contribution in [0.1, 0.15) is 34.1 Å². The SMILES string of the molecule is CCC(O)CO[Si](c1ccccc1)(c1ccccc1)C(C)(C)C. The van der Waals surface area contributed by atoms with Crippen LogP contribution in [0.4, 0.5) is 0 Å². The zero-order valence-electron chi connectivity index (χ0n) is 14.6. The highest BCUT2D eigenvalue weighted by atomic mass is 28.4. The van der Waals surface area contributed by atoms with E-state index in [0.29, 0.717) is 13.0 Å². The zero-order valence-corrected chi connectivity index (χ0v) is 15.6. The highest BCUT2D eigenvalue weighted by molar-refractivity contribution is 6.99. The molecule has 0 aliphatic heterocycles. The molecule has 2 aromatic rings. The van der Waals surface area contributed by atoms with Crippen LogP contribution in [-0.2, 0) is 4.43 Å². The molecular formula is C20H28O2Si. The van der Waals surface area contributed by atoms with E-state index >= 15 is 0 Å². The fraction of sp³-hybridized carbons (Fsp3) is 0.400. The van der Waals surface area contributed by atoms with Crippen LogP contribution >= 0.6 is 0 Å². The van der Waals surface area contributed by atoms with Crippen molar-refractivity contribution in [2.45, 2.75) is 45.3 Å². The van der Waals surface area contributed by atoms with Gasteiger partial charge in [-0.05, 0) is 21.8 Å². The lowest BCUT2D eigenvalue weighted by Gasteiger charge is -2.43. The van der Waals surface area contributed by atoms with Crippen molar-refractivity contribution in [3.63, 3.8) is 0 Å². The van der Waals surface area contributed by atoms with Crippen molar-refractivity contribution in [3.8, 4) is 0 Å². The number of hydrogen-bond donors (Lipinski definition) is 1. The number of aliphatic hydroxyl groups is 1. The Bertz CT molecular complexity index is 551. The second-order valence-electron chi connectivity index (χ2n) is 7.04. The molecule has 124 valence electrons. The summed E-state index contributed by atoms with van der Waals surface area (Å²) >= 11 is 0. The summed E-state index contributed by atoms with van der Waals surface area (Å²) in [5.41, 5.74) is 0. The first-order valence-corrected chi connectivity index (χ1v) is 10.3. The van der Waals surface area contributed by atoms with Crippen LogP contribution in [0.5, 0.6) is 0 Å². The van der Waals surface area contributed by atoms with Crippen molar-refractivity contribution in [1.29, 1.82) is 0 Å². The Morgan fingerprint density at radius 2 is 1.35 bits per heavy atom. The third-order valence-electron chi connectivity index (χ3n) is 4.38. The Kier molecular flexibility index (Phi) is 5.79. The van der Waals surface area contributed by atoms with Crippen LogP contribution in [0.25, 0.3) is 0 Å². The van der Waals surface area contributed by atoms with Crippen LogP contribution in [0.2, 0.25) is 5.04 Å². The summed E-state index contributed by atoms with van der Waals surface area (Å²) in [5.74, 6) is 0. The monoisotopic (exact) mass is 328 g/mol. The van der Waals surface area contributed by atoms with E-state index in [1.165, 1.54) is 10.4 Å². The van der Waals surface area contributed by atoms with Gasteiger partial charge in [0.1, 0.15) is 0 Å². The Hall–Kier alpha value is -1.42. The third-order valence-corrected chi connectivity index (χ3v) is 9.39. The van der Waals surface area contributed by atoms with Crippen molar-refractivity contribution < 1.29 is 9.53 Å². The number of benzene rings is 2. The molecule has 0 radical (unpaired) electrons. The molecule has 0 fully saturated rings. The molecule has 2 rings (SSSR count). The predicted molar refractivity (Wildman–Crippen MR) is 99.9 cm³/mol. The number of rotatable bonds is 6. The van der Waals surface area contributed by atoms with E-state index < -0.39 is 14.4 Å². The first kappa shape index (κ1) is 17.9. The van der Waals surface area contributed by atoms with E-state index in [4.69, 9.17) is 4.43 Å². The van der Waals surface area contributed by atoms with Crippen LogP contribution in [0, 0.1) is 0 Å². The van der Waals surface area contributed by atoms with Gasteiger partial charge in [0.05, 0.1) is 12.7 Å². The van der Waals surface area contributed by atoms with Gasteiger partial charge in [0.15, 0.2) is 0 Å². The van der Waals surface area contributed by atoms with E-state index in [0.717, 1.165) is 0 Å². The molecule has 1 unspecified atom stereocenters. The first-order valence-electron chi connectivity index (χ1n) is 8.35. The maximum Gasteiger partial charge on any atom is 0.261 e. The van der Waals surface area contributed by atoms with Crippen LogP contribution in [-0.4, -0.2) is 26.1 Å². The molecule has 2 nitrogen and oxygen atoms in total.